The van der Waals surface area contributed by atoms with Crippen molar-refractivity contribution < 1.29 is 9.53 Å². The predicted molar refractivity (Wildman–Crippen MR) is 112 cm³/mol. The Morgan fingerprint density at radius 2 is 1.79 bits per heavy atom. The summed E-state index contributed by atoms with van der Waals surface area (Å²) in [6.45, 7) is 5.25. The molecule has 4 heterocycles. The predicted octanol–water partition coefficient (Wildman–Crippen LogP) is 1.83. The van der Waals surface area contributed by atoms with Crippen LogP contribution in [0.2, 0.25) is 0 Å². The minimum atomic E-state index is -0.607. The minimum Gasteiger partial charge on any atom is -0.462 e. The highest BCUT2D eigenvalue weighted by molar-refractivity contribution is 5.93. The lowest BCUT2D eigenvalue weighted by Gasteiger charge is -2.36. The lowest BCUT2D eigenvalue weighted by molar-refractivity contribution is 0.0524. The van der Waals surface area contributed by atoms with Crippen LogP contribution in [0.3, 0.4) is 0 Å². The van der Waals surface area contributed by atoms with Crippen molar-refractivity contribution in [3.63, 3.8) is 0 Å². The number of piperazine rings is 1. The number of rotatable bonds is 4. The summed E-state index contributed by atoms with van der Waals surface area (Å²) in [5.74, 6) is 1.19. The highest BCUT2D eigenvalue weighted by Gasteiger charge is 2.21. The molecule has 0 amide bonds. The van der Waals surface area contributed by atoms with Crippen molar-refractivity contribution in [3.8, 4) is 0 Å². The van der Waals surface area contributed by atoms with E-state index in [2.05, 4.69) is 14.8 Å². The Hall–Kier alpha value is -3.42. The van der Waals surface area contributed by atoms with Crippen LogP contribution in [0, 0.1) is 0 Å². The third kappa shape index (κ3) is 3.65. The van der Waals surface area contributed by atoms with Gasteiger partial charge in [-0.3, -0.25) is 4.79 Å². The largest absolute Gasteiger partial charge is 0.462 e. The van der Waals surface area contributed by atoms with E-state index in [-0.39, 0.29) is 17.6 Å². The molecule has 4 rings (SSSR count). The van der Waals surface area contributed by atoms with Crippen molar-refractivity contribution in [3.05, 3.63) is 58.5 Å². The van der Waals surface area contributed by atoms with E-state index in [0.29, 0.717) is 11.0 Å². The van der Waals surface area contributed by atoms with Gasteiger partial charge in [0.15, 0.2) is 0 Å². The molecule has 0 radical (unpaired) electrons. The third-order valence-electron chi connectivity index (χ3n) is 5.08. The molecule has 1 fully saturated rings. The van der Waals surface area contributed by atoms with Crippen molar-refractivity contribution in [1.82, 2.24) is 14.5 Å². The lowest BCUT2D eigenvalue weighted by atomic mass is 10.2. The van der Waals surface area contributed by atoms with Crippen LogP contribution in [0.15, 0.2) is 47.5 Å². The van der Waals surface area contributed by atoms with Gasteiger partial charge in [0.1, 0.15) is 22.8 Å². The molecule has 0 unspecified atom stereocenters. The minimum absolute atomic E-state index is 0.0281. The first kappa shape index (κ1) is 18.9. The Labute approximate surface area is 168 Å². The van der Waals surface area contributed by atoms with Gasteiger partial charge in [-0.05, 0) is 31.2 Å². The molecular weight excluding hydrogens is 370 g/mol. The average Bonchev–Trinajstić information content (AvgIpc) is 2.77. The van der Waals surface area contributed by atoms with Gasteiger partial charge in [0, 0.05) is 45.6 Å². The number of ether oxygens (including phenoxy) is 1. The summed E-state index contributed by atoms with van der Waals surface area (Å²) >= 11 is 0. The Balaban J connectivity index is 1.58. The number of carbonyl (C=O) groups is 1. The zero-order valence-electron chi connectivity index (χ0n) is 16.5. The van der Waals surface area contributed by atoms with Crippen LogP contribution in [0.4, 0.5) is 11.6 Å². The highest BCUT2D eigenvalue weighted by atomic mass is 16.5. The lowest BCUT2D eigenvalue weighted by Crippen LogP contribution is -2.47. The van der Waals surface area contributed by atoms with Gasteiger partial charge >= 0.3 is 5.97 Å². The molecule has 1 aliphatic heterocycles. The van der Waals surface area contributed by atoms with E-state index in [1.54, 1.807) is 30.8 Å². The van der Waals surface area contributed by atoms with E-state index in [1.807, 2.05) is 24.3 Å². The van der Waals surface area contributed by atoms with Gasteiger partial charge in [0.25, 0.3) is 0 Å². The number of aryl methyl sites for hydroxylation is 1. The zero-order chi connectivity index (χ0) is 20.4. The molecule has 8 heteroatoms. The first-order valence-electron chi connectivity index (χ1n) is 9.67. The fourth-order valence-corrected chi connectivity index (χ4v) is 3.58. The Bertz CT molecular complexity index is 1090. The molecular formula is C21H23N5O3. The van der Waals surface area contributed by atoms with E-state index < -0.39 is 5.97 Å². The van der Waals surface area contributed by atoms with Gasteiger partial charge < -0.3 is 19.1 Å². The van der Waals surface area contributed by atoms with Crippen molar-refractivity contribution in [2.24, 2.45) is 7.05 Å². The summed E-state index contributed by atoms with van der Waals surface area (Å²) in [6.07, 6.45) is 3.30. The van der Waals surface area contributed by atoms with E-state index >= 15 is 0 Å². The molecule has 3 aromatic heterocycles. The van der Waals surface area contributed by atoms with Gasteiger partial charge in [-0.25, -0.2) is 14.8 Å². The van der Waals surface area contributed by atoms with Crippen LogP contribution in [-0.2, 0) is 11.8 Å². The Morgan fingerprint density at radius 1 is 1.07 bits per heavy atom. The molecule has 1 saturated heterocycles. The smallest absolute Gasteiger partial charge is 0.343 e. The zero-order valence-corrected chi connectivity index (χ0v) is 16.5. The topological polar surface area (TPSA) is 80.6 Å². The summed E-state index contributed by atoms with van der Waals surface area (Å²) in [6, 6.07) is 9.50. The van der Waals surface area contributed by atoms with Crippen molar-refractivity contribution in [2.75, 3.05) is 42.6 Å². The van der Waals surface area contributed by atoms with Crippen LogP contribution in [-0.4, -0.2) is 53.3 Å². The highest BCUT2D eigenvalue weighted by Crippen LogP contribution is 2.20. The summed E-state index contributed by atoms with van der Waals surface area (Å²) in [7, 11) is 1.78. The van der Waals surface area contributed by atoms with Crippen LogP contribution < -0.4 is 15.2 Å². The van der Waals surface area contributed by atoms with Gasteiger partial charge in [-0.2, -0.15) is 0 Å². The van der Waals surface area contributed by atoms with Crippen LogP contribution >= 0.6 is 0 Å². The fourth-order valence-electron chi connectivity index (χ4n) is 3.58. The SMILES string of the molecule is CCOC(=O)c1cn(C)c2nc(N3CCN(c4ccccn4)CC3)ccc2c1=O. The standard InChI is InChI=1S/C21H23N5O3/c1-3-29-21(28)16-14-24(2)20-15(19(16)27)7-8-18(23-20)26-12-10-25(11-13-26)17-6-4-5-9-22-17/h4-9,14H,3,10-13H2,1-2H3. The van der Waals surface area contributed by atoms with Crippen LogP contribution in [0.25, 0.3) is 11.0 Å². The Kier molecular flexibility index (Phi) is 5.16. The number of hydrogen-bond acceptors (Lipinski definition) is 7. The molecule has 0 saturated carbocycles. The summed E-state index contributed by atoms with van der Waals surface area (Å²) in [5.41, 5.74) is 0.226. The van der Waals surface area contributed by atoms with Crippen molar-refractivity contribution >= 4 is 28.6 Å². The van der Waals surface area contributed by atoms with Gasteiger partial charge in [-0.15, -0.1) is 0 Å². The Morgan fingerprint density at radius 3 is 2.45 bits per heavy atom. The summed E-state index contributed by atoms with van der Waals surface area (Å²) in [4.78, 5) is 38.3. The molecule has 0 atom stereocenters. The monoisotopic (exact) mass is 393 g/mol. The quantitative estimate of drug-likeness (QED) is 0.626. The summed E-state index contributed by atoms with van der Waals surface area (Å²) in [5, 5.41) is 0.411. The average molecular weight is 393 g/mol. The molecule has 8 nitrogen and oxygen atoms in total. The van der Waals surface area contributed by atoms with Gasteiger partial charge in [0.05, 0.1) is 12.0 Å². The maximum absolute atomic E-state index is 12.7. The second-order valence-electron chi connectivity index (χ2n) is 6.91. The molecule has 0 N–H and O–H groups in total. The summed E-state index contributed by atoms with van der Waals surface area (Å²) < 4.78 is 6.69. The third-order valence-corrected chi connectivity index (χ3v) is 5.08. The van der Waals surface area contributed by atoms with E-state index in [1.165, 1.54) is 6.20 Å². The van der Waals surface area contributed by atoms with Crippen molar-refractivity contribution in [1.29, 1.82) is 0 Å². The second kappa shape index (κ2) is 7.90. The fraction of sp³-hybridized carbons (Fsp3) is 0.333. The van der Waals surface area contributed by atoms with Crippen LogP contribution in [0.5, 0.6) is 0 Å². The van der Waals surface area contributed by atoms with E-state index in [4.69, 9.17) is 9.72 Å². The molecule has 0 spiro atoms. The van der Waals surface area contributed by atoms with E-state index in [0.717, 1.165) is 37.8 Å². The number of nitrogens with zero attached hydrogens (tertiary/aromatic N) is 5. The first-order chi connectivity index (χ1) is 14.1. The number of aromatic nitrogens is 3. The molecule has 3 aromatic rings. The molecule has 29 heavy (non-hydrogen) atoms. The number of esters is 1. The molecule has 0 aliphatic carbocycles. The number of fused-ring (bicyclic) bond motifs is 1. The number of pyridine rings is 3. The number of carbonyl (C=O) groups excluding carboxylic acids is 1. The van der Waals surface area contributed by atoms with Crippen molar-refractivity contribution in [2.45, 2.75) is 6.92 Å². The van der Waals surface area contributed by atoms with Gasteiger partial charge in [-0.1, -0.05) is 6.07 Å². The molecule has 0 aromatic carbocycles. The molecule has 150 valence electrons. The van der Waals surface area contributed by atoms with E-state index in [9.17, 15) is 9.59 Å². The maximum Gasteiger partial charge on any atom is 0.343 e. The molecule has 0 bridgehead atoms. The van der Waals surface area contributed by atoms with Crippen LogP contribution in [0.1, 0.15) is 17.3 Å². The van der Waals surface area contributed by atoms with Gasteiger partial charge in [0.2, 0.25) is 5.43 Å². The number of hydrogen-bond donors (Lipinski definition) is 0. The normalized spacial score (nSPS) is 14.3. The maximum atomic E-state index is 12.7. The first-order valence-corrected chi connectivity index (χ1v) is 9.67. The second-order valence-corrected chi connectivity index (χ2v) is 6.91. The number of anilines is 2. The molecule has 1 aliphatic rings.